The Bertz CT molecular complexity index is 1400. The maximum atomic E-state index is 14.0. The van der Waals surface area contributed by atoms with E-state index in [1.807, 2.05) is 0 Å². The van der Waals surface area contributed by atoms with E-state index in [-0.39, 0.29) is 27.3 Å². The van der Waals surface area contributed by atoms with Crippen molar-refractivity contribution < 1.29 is 36.3 Å². The standard InChI is InChI=1S/C26H24F2N2O6S/c1-26(2,3)36-25(32)29-23(24(31)35-4)17-6-5-7-19(14-17)30-37(33,34)20-11-8-16(9-12-20)21-13-10-18(27)15-22(21)28/h5-8,10-11,13-15,23,30H,1-4H3,(H,29,32)/t23-/m1/s1. The predicted molar refractivity (Wildman–Crippen MR) is 131 cm³/mol. The third kappa shape index (κ3) is 7.17. The van der Waals surface area contributed by atoms with Gasteiger partial charge in [0, 0.05) is 22.9 Å². The van der Waals surface area contributed by atoms with Crippen molar-refractivity contribution in [2.75, 3.05) is 11.8 Å². The molecule has 0 aliphatic heterocycles. The van der Waals surface area contributed by atoms with Crippen LogP contribution in [-0.4, -0.2) is 33.2 Å². The van der Waals surface area contributed by atoms with Crippen LogP contribution < -0.4 is 10.0 Å². The average molecular weight is 531 g/mol. The van der Waals surface area contributed by atoms with Gasteiger partial charge >= 0.3 is 12.1 Å². The fourth-order valence-electron chi connectivity index (χ4n) is 3.21. The number of hydrogen-bond donors (Lipinski definition) is 2. The number of amides is 1. The lowest BCUT2D eigenvalue weighted by atomic mass is 10.1. The van der Waals surface area contributed by atoms with Gasteiger partial charge in [-0.2, -0.15) is 0 Å². The number of carbonyl (C=O) groups is 2. The predicted octanol–water partition coefficient (Wildman–Crippen LogP) is 4.77. The molecule has 0 aromatic heterocycles. The molecular formula is C26H24F2N2O6S. The number of ether oxygens (including phenoxy) is 2. The number of carbonyl (C=O) groups excluding carboxylic acids is 2. The molecule has 0 fully saturated rings. The molecule has 0 aliphatic rings. The second-order valence-electron chi connectivity index (χ2n) is 8.82. The fourth-order valence-corrected chi connectivity index (χ4v) is 4.19. The molecule has 1 amide bonds. The number of hydrogen-bond acceptors (Lipinski definition) is 6. The molecule has 3 aromatic carbocycles. The summed E-state index contributed by atoms with van der Waals surface area (Å²) in [6, 6.07) is 15.0. The molecule has 2 N–H and O–H groups in total. The zero-order chi connectivity index (χ0) is 27.4. The van der Waals surface area contributed by atoms with Gasteiger partial charge in [-0.1, -0.05) is 18.2 Å². The van der Waals surface area contributed by atoms with Crippen LogP contribution in [0.2, 0.25) is 0 Å². The van der Waals surface area contributed by atoms with E-state index in [2.05, 4.69) is 22.2 Å². The number of anilines is 1. The van der Waals surface area contributed by atoms with E-state index in [1.165, 1.54) is 42.5 Å². The lowest BCUT2D eigenvalue weighted by Gasteiger charge is -2.23. The normalized spacial score (nSPS) is 12.2. The van der Waals surface area contributed by atoms with Crippen LogP contribution in [0.3, 0.4) is 0 Å². The topological polar surface area (TPSA) is 111 Å². The first-order chi connectivity index (χ1) is 17.3. The van der Waals surface area contributed by atoms with Crippen molar-refractivity contribution in [1.29, 1.82) is 0 Å². The summed E-state index contributed by atoms with van der Waals surface area (Å²) in [5, 5.41) is 2.41. The number of rotatable bonds is 7. The highest BCUT2D eigenvalue weighted by molar-refractivity contribution is 7.92. The fraction of sp³-hybridized carbons (Fsp3) is 0.231. The first kappa shape index (κ1) is 27.4. The molecule has 0 bridgehead atoms. The van der Waals surface area contributed by atoms with Gasteiger partial charge in [-0.3, -0.25) is 4.72 Å². The number of alkyl carbamates (subject to hydrolysis) is 1. The van der Waals surface area contributed by atoms with Crippen LogP contribution in [0.5, 0.6) is 0 Å². The molecule has 0 saturated carbocycles. The van der Waals surface area contributed by atoms with Crippen LogP contribution >= 0.6 is 0 Å². The van der Waals surface area contributed by atoms with Crippen LogP contribution in [0, 0.1) is 23.8 Å². The second kappa shape index (κ2) is 10.8. The Labute approximate surface area is 213 Å². The smallest absolute Gasteiger partial charge is 0.408 e. The van der Waals surface area contributed by atoms with Gasteiger partial charge in [0.2, 0.25) is 0 Å². The monoisotopic (exact) mass is 530 g/mol. The van der Waals surface area contributed by atoms with Crippen molar-refractivity contribution in [2.45, 2.75) is 37.3 Å². The van der Waals surface area contributed by atoms with Crippen molar-refractivity contribution in [1.82, 2.24) is 5.32 Å². The van der Waals surface area contributed by atoms with Crippen LogP contribution in [0.25, 0.3) is 11.1 Å². The Kier molecular flexibility index (Phi) is 8.03. The molecule has 3 rings (SSSR count). The highest BCUT2D eigenvalue weighted by Crippen LogP contribution is 2.25. The van der Waals surface area contributed by atoms with Crippen molar-refractivity contribution in [3.63, 3.8) is 0 Å². The lowest BCUT2D eigenvalue weighted by molar-refractivity contribution is -0.143. The molecule has 0 saturated heterocycles. The van der Waals surface area contributed by atoms with Gasteiger partial charge in [-0.15, -0.1) is 0 Å². The molecule has 37 heavy (non-hydrogen) atoms. The molecule has 0 radical (unpaired) electrons. The summed E-state index contributed by atoms with van der Waals surface area (Å²) in [5.41, 5.74) is -0.274. The summed E-state index contributed by atoms with van der Waals surface area (Å²) in [6.45, 7) is 4.98. The molecule has 11 heteroatoms. The molecule has 0 spiro atoms. The first-order valence-corrected chi connectivity index (χ1v) is 12.4. The molecule has 0 unspecified atom stereocenters. The zero-order valence-electron chi connectivity index (χ0n) is 20.4. The first-order valence-electron chi connectivity index (χ1n) is 10.9. The van der Waals surface area contributed by atoms with E-state index in [0.29, 0.717) is 6.07 Å². The highest BCUT2D eigenvalue weighted by atomic mass is 32.2. The van der Waals surface area contributed by atoms with E-state index in [9.17, 15) is 26.8 Å². The minimum atomic E-state index is -4.16. The number of nitrogens with one attached hydrogen (secondary N) is 2. The van der Waals surface area contributed by atoms with Crippen LogP contribution in [0.1, 0.15) is 32.4 Å². The summed E-state index contributed by atoms with van der Waals surface area (Å²) >= 11 is 0. The molecule has 8 nitrogen and oxygen atoms in total. The Hall–Kier alpha value is -4.17. The minimum absolute atomic E-state index is 0.0357. The third-order valence-corrected chi connectivity index (χ3v) is 6.12. The highest BCUT2D eigenvalue weighted by Gasteiger charge is 2.27. The largest absolute Gasteiger partial charge is 0.467 e. The lowest BCUT2D eigenvalue weighted by Crippen LogP contribution is -2.38. The van der Waals surface area contributed by atoms with E-state index in [0.717, 1.165) is 13.2 Å². The van der Waals surface area contributed by atoms with Crippen molar-refractivity contribution in [3.05, 3.63) is 83.9 Å². The van der Waals surface area contributed by atoms with Crippen LogP contribution in [0.4, 0.5) is 19.3 Å². The quantitative estimate of drug-likeness (QED) is 0.426. The van der Waals surface area contributed by atoms with Gasteiger partial charge in [-0.25, -0.2) is 26.8 Å². The van der Waals surface area contributed by atoms with Crippen molar-refractivity contribution in [3.8, 4) is 11.1 Å². The summed E-state index contributed by atoms with van der Waals surface area (Å²) in [7, 11) is -3.02. The molecule has 1 atom stereocenters. The minimum Gasteiger partial charge on any atom is -0.467 e. The summed E-state index contributed by atoms with van der Waals surface area (Å²) in [6.07, 6.45) is -0.864. The van der Waals surface area contributed by atoms with E-state index in [4.69, 9.17) is 9.47 Å². The van der Waals surface area contributed by atoms with Crippen molar-refractivity contribution in [2.24, 2.45) is 0 Å². The van der Waals surface area contributed by atoms with Crippen LogP contribution in [-0.2, 0) is 24.3 Å². The number of benzene rings is 2. The van der Waals surface area contributed by atoms with Gasteiger partial charge in [0.1, 0.15) is 22.1 Å². The van der Waals surface area contributed by atoms with Gasteiger partial charge < -0.3 is 14.8 Å². The van der Waals surface area contributed by atoms with Gasteiger partial charge in [0.15, 0.2) is 6.04 Å². The Balaban J connectivity index is 1.83. The maximum absolute atomic E-state index is 14.0. The van der Waals surface area contributed by atoms with E-state index in [1.54, 1.807) is 20.8 Å². The molecular weight excluding hydrogens is 506 g/mol. The summed E-state index contributed by atoms with van der Waals surface area (Å²) < 4.78 is 65.3. The molecule has 0 aliphatic carbocycles. The van der Waals surface area contributed by atoms with Gasteiger partial charge in [-0.05, 0) is 68.8 Å². The maximum Gasteiger partial charge on any atom is 0.408 e. The number of sulfonamides is 1. The van der Waals surface area contributed by atoms with Gasteiger partial charge in [0.25, 0.3) is 10.0 Å². The second-order valence-corrected chi connectivity index (χ2v) is 10.5. The number of methoxy groups -OCH3 is 1. The Morgan fingerprint density at radius 1 is 1.00 bits per heavy atom. The molecule has 3 aromatic rings. The third-order valence-electron chi connectivity index (χ3n) is 4.80. The zero-order valence-corrected chi connectivity index (χ0v) is 21.2. The molecule has 0 heterocycles. The average Bonchev–Trinajstić information content (AvgIpc) is 2.81. The SMILES string of the molecule is COC(=O)[C@H](NC(=O)OC(C)(C)C)c1cccc(NS(=O)(=O)c2c#cc(-c3ccc(F)cc3F)cc2)c1. The Morgan fingerprint density at radius 2 is 1.73 bits per heavy atom. The van der Waals surface area contributed by atoms with E-state index < -0.39 is 45.4 Å². The van der Waals surface area contributed by atoms with E-state index >= 15 is 0 Å². The van der Waals surface area contributed by atoms with Crippen molar-refractivity contribution >= 4 is 27.8 Å². The number of esters is 1. The summed E-state index contributed by atoms with van der Waals surface area (Å²) in [4.78, 5) is 24.3. The molecule has 194 valence electrons. The Morgan fingerprint density at radius 3 is 2.32 bits per heavy atom. The number of halogens is 2. The van der Waals surface area contributed by atoms with Crippen LogP contribution in [0.15, 0.2) is 59.5 Å². The van der Waals surface area contributed by atoms with Gasteiger partial charge in [0.05, 0.1) is 7.11 Å². The summed E-state index contributed by atoms with van der Waals surface area (Å²) in [5.74, 6) is -2.36.